The number of piperidine rings is 1. The van der Waals surface area contributed by atoms with Gasteiger partial charge < -0.3 is 10.6 Å². The largest absolute Gasteiger partial charge is 0.399 e. The predicted octanol–water partition coefficient (Wildman–Crippen LogP) is 2.28. The molecule has 1 saturated heterocycles. The summed E-state index contributed by atoms with van der Waals surface area (Å²) in [7, 11) is 0. The quantitative estimate of drug-likeness (QED) is 0.735. The van der Waals surface area contributed by atoms with Crippen LogP contribution < -0.4 is 5.73 Å². The lowest BCUT2D eigenvalue weighted by molar-refractivity contribution is 0.0635. The Labute approximate surface area is 96.2 Å². The molecule has 0 aliphatic carbocycles. The molecule has 1 atom stereocenters. The van der Waals surface area contributed by atoms with Crippen LogP contribution in [0.3, 0.4) is 0 Å². The van der Waals surface area contributed by atoms with Gasteiger partial charge in [-0.05, 0) is 44.4 Å². The van der Waals surface area contributed by atoms with Crippen molar-refractivity contribution in [3.8, 4) is 0 Å². The molecule has 3 nitrogen and oxygen atoms in total. The van der Waals surface area contributed by atoms with Crippen molar-refractivity contribution in [3.63, 3.8) is 0 Å². The van der Waals surface area contributed by atoms with Crippen molar-refractivity contribution in [2.45, 2.75) is 32.2 Å². The number of nitrogens with two attached hydrogens (primary N) is 1. The van der Waals surface area contributed by atoms with Gasteiger partial charge in [0, 0.05) is 23.8 Å². The topological polar surface area (TPSA) is 46.3 Å². The van der Waals surface area contributed by atoms with Gasteiger partial charge in [-0.15, -0.1) is 0 Å². The fraction of sp³-hybridized carbons (Fsp3) is 0.462. The minimum Gasteiger partial charge on any atom is -0.399 e. The van der Waals surface area contributed by atoms with E-state index in [1.54, 1.807) is 12.1 Å². The van der Waals surface area contributed by atoms with Crippen molar-refractivity contribution < 1.29 is 4.79 Å². The van der Waals surface area contributed by atoms with Crippen LogP contribution in [0.4, 0.5) is 5.69 Å². The maximum Gasteiger partial charge on any atom is 0.254 e. The van der Waals surface area contributed by atoms with E-state index in [0.29, 0.717) is 17.3 Å². The summed E-state index contributed by atoms with van der Waals surface area (Å²) in [6, 6.07) is 7.57. The number of carbonyl (C=O) groups excluding carboxylic acids is 1. The second kappa shape index (κ2) is 4.56. The summed E-state index contributed by atoms with van der Waals surface area (Å²) in [6.07, 6.45) is 3.44. The number of benzene rings is 1. The average Bonchev–Trinajstić information content (AvgIpc) is 2.29. The number of nitrogens with zero attached hydrogens (tertiary/aromatic N) is 1. The number of amides is 1. The third-order valence-electron chi connectivity index (χ3n) is 3.20. The third-order valence-corrected chi connectivity index (χ3v) is 3.20. The Kier molecular flexibility index (Phi) is 3.13. The van der Waals surface area contributed by atoms with Gasteiger partial charge in [0.1, 0.15) is 0 Å². The molecule has 3 heteroatoms. The van der Waals surface area contributed by atoms with E-state index < -0.39 is 0 Å². The van der Waals surface area contributed by atoms with Crippen LogP contribution in [0.5, 0.6) is 0 Å². The summed E-state index contributed by atoms with van der Waals surface area (Å²) in [5.41, 5.74) is 7.04. The zero-order valence-corrected chi connectivity index (χ0v) is 9.65. The molecule has 2 rings (SSSR count). The van der Waals surface area contributed by atoms with E-state index in [9.17, 15) is 4.79 Å². The van der Waals surface area contributed by atoms with Crippen LogP contribution in [0.1, 0.15) is 36.5 Å². The SMILES string of the molecule is C[C@@H]1CCCCN1C(=O)c1cccc(N)c1. The van der Waals surface area contributed by atoms with Crippen LogP contribution in [-0.4, -0.2) is 23.4 Å². The third kappa shape index (κ3) is 2.18. The molecular formula is C13H18N2O. The van der Waals surface area contributed by atoms with Crippen molar-refractivity contribution in [1.82, 2.24) is 4.90 Å². The fourth-order valence-electron chi connectivity index (χ4n) is 2.24. The van der Waals surface area contributed by atoms with Crippen LogP contribution >= 0.6 is 0 Å². The first kappa shape index (κ1) is 11.0. The molecule has 0 unspecified atom stereocenters. The van der Waals surface area contributed by atoms with Gasteiger partial charge >= 0.3 is 0 Å². The van der Waals surface area contributed by atoms with E-state index in [-0.39, 0.29) is 5.91 Å². The van der Waals surface area contributed by atoms with E-state index in [1.165, 1.54) is 6.42 Å². The van der Waals surface area contributed by atoms with E-state index >= 15 is 0 Å². The van der Waals surface area contributed by atoms with Gasteiger partial charge in [0.2, 0.25) is 0 Å². The molecule has 1 aromatic carbocycles. The number of hydrogen-bond acceptors (Lipinski definition) is 2. The molecule has 16 heavy (non-hydrogen) atoms. The monoisotopic (exact) mass is 218 g/mol. The Morgan fingerprint density at radius 1 is 1.44 bits per heavy atom. The summed E-state index contributed by atoms with van der Waals surface area (Å²) >= 11 is 0. The average molecular weight is 218 g/mol. The summed E-state index contributed by atoms with van der Waals surface area (Å²) < 4.78 is 0. The lowest BCUT2D eigenvalue weighted by atomic mass is 10.0. The predicted molar refractivity (Wildman–Crippen MR) is 65.2 cm³/mol. The summed E-state index contributed by atoms with van der Waals surface area (Å²) in [5.74, 6) is 0.111. The summed E-state index contributed by atoms with van der Waals surface area (Å²) in [4.78, 5) is 14.2. The lowest BCUT2D eigenvalue weighted by Gasteiger charge is -2.33. The molecule has 1 aromatic rings. The molecule has 1 heterocycles. The van der Waals surface area contributed by atoms with Gasteiger partial charge in [-0.25, -0.2) is 0 Å². The van der Waals surface area contributed by atoms with E-state index in [0.717, 1.165) is 19.4 Å². The smallest absolute Gasteiger partial charge is 0.254 e. The van der Waals surface area contributed by atoms with Gasteiger partial charge in [0.25, 0.3) is 5.91 Å². The highest BCUT2D eigenvalue weighted by molar-refractivity contribution is 5.95. The van der Waals surface area contributed by atoms with Gasteiger partial charge in [-0.1, -0.05) is 6.07 Å². The first-order chi connectivity index (χ1) is 7.68. The first-order valence-corrected chi connectivity index (χ1v) is 5.85. The van der Waals surface area contributed by atoms with Crippen LogP contribution in [0.15, 0.2) is 24.3 Å². The van der Waals surface area contributed by atoms with Crippen molar-refractivity contribution in [3.05, 3.63) is 29.8 Å². The lowest BCUT2D eigenvalue weighted by Crippen LogP contribution is -2.42. The van der Waals surface area contributed by atoms with Gasteiger partial charge in [0.05, 0.1) is 0 Å². The Morgan fingerprint density at radius 2 is 2.25 bits per heavy atom. The molecular weight excluding hydrogens is 200 g/mol. The molecule has 1 aliphatic heterocycles. The zero-order chi connectivity index (χ0) is 11.5. The van der Waals surface area contributed by atoms with E-state index in [1.807, 2.05) is 17.0 Å². The van der Waals surface area contributed by atoms with Crippen molar-refractivity contribution in [2.24, 2.45) is 0 Å². The normalized spacial score (nSPS) is 20.8. The van der Waals surface area contributed by atoms with E-state index in [2.05, 4.69) is 6.92 Å². The second-order valence-electron chi connectivity index (χ2n) is 4.47. The molecule has 1 amide bonds. The summed E-state index contributed by atoms with van der Waals surface area (Å²) in [6.45, 7) is 2.98. The van der Waals surface area contributed by atoms with Crippen molar-refractivity contribution in [1.29, 1.82) is 0 Å². The van der Waals surface area contributed by atoms with Gasteiger partial charge in [0.15, 0.2) is 0 Å². The van der Waals surface area contributed by atoms with Crippen molar-refractivity contribution >= 4 is 11.6 Å². The number of likely N-dealkylation sites (tertiary alicyclic amines) is 1. The minimum atomic E-state index is 0.111. The molecule has 0 bridgehead atoms. The van der Waals surface area contributed by atoms with Crippen LogP contribution in [-0.2, 0) is 0 Å². The maximum absolute atomic E-state index is 12.2. The Bertz CT molecular complexity index is 389. The molecule has 0 aromatic heterocycles. The zero-order valence-electron chi connectivity index (χ0n) is 9.65. The molecule has 0 saturated carbocycles. The number of carbonyl (C=O) groups is 1. The highest BCUT2D eigenvalue weighted by Gasteiger charge is 2.23. The number of nitrogen functional groups attached to an aromatic ring is 1. The number of rotatable bonds is 1. The van der Waals surface area contributed by atoms with Crippen LogP contribution in [0, 0.1) is 0 Å². The first-order valence-electron chi connectivity index (χ1n) is 5.85. The van der Waals surface area contributed by atoms with E-state index in [4.69, 9.17) is 5.73 Å². The molecule has 2 N–H and O–H groups in total. The second-order valence-corrected chi connectivity index (χ2v) is 4.47. The molecule has 1 aliphatic rings. The van der Waals surface area contributed by atoms with Crippen LogP contribution in [0.25, 0.3) is 0 Å². The van der Waals surface area contributed by atoms with Gasteiger partial charge in [-0.3, -0.25) is 4.79 Å². The Hall–Kier alpha value is -1.51. The Balaban J connectivity index is 2.17. The fourth-order valence-corrected chi connectivity index (χ4v) is 2.24. The standard InChI is InChI=1S/C13H18N2O/c1-10-5-2-3-8-15(10)13(16)11-6-4-7-12(14)9-11/h4,6-7,9-10H,2-3,5,8,14H2,1H3/t10-/m1/s1. The minimum absolute atomic E-state index is 0.111. The molecule has 1 fully saturated rings. The maximum atomic E-state index is 12.2. The van der Waals surface area contributed by atoms with Crippen LogP contribution in [0.2, 0.25) is 0 Å². The highest BCUT2D eigenvalue weighted by atomic mass is 16.2. The molecule has 0 radical (unpaired) electrons. The number of hydrogen-bond donors (Lipinski definition) is 1. The molecule has 0 spiro atoms. The highest BCUT2D eigenvalue weighted by Crippen LogP contribution is 2.19. The summed E-state index contributed by atoms with van der Waals surface area (Å²) in [5, 5.41) is 0. The number of anilines is 1. The van der Waals surface area contributed by atoms with Crippen molar-refractivity contribution in [2.75, 3.05) is 12.3 Å². The van der Waals surface area contributed by atoms with Gasteiger partial charge in [-0.2, -0.15) is 0 Å². The molecule has 86 valence electrons. The Morgan fingerprint density at radius 3 is 2.94 bits per heavy atom.